The van der Waals surface area contributed by atoms with E-state index < -0.39 is 0 Å². The summed E-state index contributed by atoms with van der Waals surface area (Å²) < 4.78 is 5.29. The first kappa shape index (κ1) is 68.7. The second kappa shape index (κ2) is 30.2. The van der Waals surface area contributed by atoms with Gasteiger partial charge in [0.2, 0.25) is 0 Å². The minimum atomic E-state index is 0.540. The predicted molar refractivity (Wildman–Crippen MR) is 407 cm³/mol. The molecule has 24 heteroatoms. The van der Waals surface area contributed by atoms with E-state index in [0.29, 0.717) is 72.3 Å². The molecule has 0 radical (unpaired) electrons. The molecule has 6 unspecified atom stereocenters. The zero-order valence-corrected chi connectivity index (χ0v) is 61.2. The van der Waals surface area contributed by atoms with Gasteiger partial charge in [0.1, 0.15) is 28.4 Å². The quantitative estimate of drug-likeness (QED) is 0.0637. The minimum Gasteiger partial charge on any atom is -0.497 e. The molecule has 10 aromatic heterocycles. The third-order valence-corrected chi connectivity index (χ3v) is 21.2. The molecule has 9 aliphatic rings. The van der Waals surface area contributed by atoms with Crippen LogP contribution in [0.1, 0.15) is 104 Å². The lowest BCUT2D eigenvalue weighted by Crippen LogP contribution is -2.68. The smallest absolute Gasteiger partial charge is 0.161 e. The number of hydrogen-bond acceptors (Lipinski definition) is 20. The standard InChI is InChI=1S/C28H31N7O.C27H29N7.C26H27ClN8/c1-18-10-22(12-23-11-19(2)32-33-23)31-28(30-18)21-6-9-27(29-14-21)34-16-24-13-25(17-34)35(24)15-20-4-7-26(36-3)8-5-20;1-18-10-22(12-23-11-19(2)31-32-23)30-27(29-18)21-8-9-26(28-14-21)33-16-24-13-25(17-33)34(24)15-20-6-4-3-5-7-20;1-16-7-20(9-21-8-17(2)32-33-21)31-26(30-16)19-4-6-25(29-12-19)34-14-22-10-23(15-34)35(22)13-18-3-5-24(27)28-11-18/h4-11,14,24-25H,12-13,15-17H2,1-3H3,(H,32,33);3-11,14,24-25H,12-13,15-17H2,1-2H3,(H,31,32);3-8,11-12,22-23H,9-10,13-15H2,1-2H3,(H,32,33). The van der Waals surface area contributed by atoms with Crippen LogP contribution in [0.4, 0.5) is 17.5 Å². The number of hydrogen-bond donors (Lipinski definition) is 3. The molecule has 0 saturated carbocycles. The van der Waals surface area contributed by atoms with Crippen molar-refractivity contribution in [2.75, 3.05) is 61.1 Å². The Labute approximate surface area is 617 Å². The van der Waals surface area contributed by atoms with Gasteiger partial charge in [-0.2, -0.15) is 15.3 Å². The number of ether oxygens (including phenoxy) is 1. The number of anilines is 3. The van der Waals surface area contributed by atoms with Gasteiger partial charge in [0.25, 0.3) is 0 Å². The molecule has 6 atom stereocenters. The number of piperazine rings is 3. The number of H-pyrrole nitrogens is 3. The van der Waals surface area contributed by atoms with Gasteiger partial charge in [0, 0.05) is 190 Å². The van der Waals surface area contributed by atoms with Crippen molar-refractivity contribution in [2.45, 2.75) is 136 Å². The molecule has 9 saturated heterocycles. The number of benzene rings is 2. The minimum absolute atomic E-state index is 0.540. The molecule has 9 fully saturated rings. The van der Waals surface area contributed by atoms with Gasteiger partial charge >= 0.3 is 0 Å². The molecular weight excluding hydrogens is 1330 g/mol. The average Bonchev–Trinajstić information content (AvgIpc) is 1.43. The molecule has 105 heavy (non-hydrogen) atoms. The van der Waals surface area contributed by atoms with Crippen molar-refractivity contribution < 1.29 is 4.74 Å². The summed E-state index contributed by atoms with van der Waals surface area (Å²) in [4.78, 5) is 62.0. The Kier molecular flexibility index (Phi) is 19.7. The molecule has 9 aliphatic heterocycles. The van der Waals surface area contributed by atoms with Crippen molar-refractivity contribution in [3.05, 3.63) is 254 Å². The highest BCUT2D eigenvalue weighted by Gasteiger charge is 2.47. The van der Waals surface area contributed by atoms with E-state index in [0.717, 1.165) is 173 Å². The maximum absolute atomic E-state index is 5.93. The molecule has 0 aliphatic carbocycles. The number of piperidine rings is 3. The summed E-state index contributed by atoms with van der Waals surface area (Å²) in [5, 5.41) is 22.5. The lowest BCUT2D eigenvalue weighted by molar-refractivity contribution is -0.00876. The first-order valence-corrected chi connectivity index (χ1v) is 36.8. The number of nitrogens with one attached hydrogen (secondary N) is 3. The summed E-state index contributed by atoms with van der Waals surface area (Å²) in [5.41, 5.74) is 18.6. The second-order valence-corrected chi connectivity index (χ2v) is 29.4. The molecule has 0 amide bonds. The zero-order chi connectivity index (χ0) is 71.7. The SMILES string of the molecule is COc1ccc(CN2C3CC2CN(c2ccc(-c4nc(C)cc(Cc5cc(C)[nH]n5)n4)cn2)C3)cc1.Cc1cc(Cc2cc(C)[nH]n2)nc(-c2ccc(N3CC4CC(C3)N4Cc3ccc(Cl)nc3)nc2)n1.Cc1cc(Cc2cc(C)[nH]n2)nc(-c2ccc(N3CC4CC(C3)N4Cc3ccccc3)nc2)n1. The summed E-state index contributed by atoms with van der Waals surface area (Å²) >= 11 is 5.93. The number of rotatable bonds is 19. The molecule has 19 heterocycles. The van der Waals surface area contributed by atoms with E-state index >= 15 is 0 Å². The van der Waals surface area contributed by atoms with E-state index in [1.54, 1.807) is 7.11 Å². The molecule has 534 valence electrons. The molecular formula is C81H87ClN22O. The Balaban J connectivity index is 0.000000121. The predicted octanol–water partition coefficient (Wildman–Crippen LogP) is 11.9. The molecule has 21 rings (SSSR count). The molecule has 23 nitrogen and oxygen atoms in total. The lowest BCUT2D eigenvalue weighted by Gasteiger charge is -2.56. The van der Waals surface area contributed by atoms with E-state index in [2.05, 4.69) is 177 Å². The van der Waals surface area contributed by atoms with Gasteiger partial charge < -0.3 is 19.4 Å². The van der Waals surface area contributed by atoms with Crippen molar-refractivity contribution in [1.82, 2.24) is 95.1 Å². The van der Waals surface area contributed by atoms with E-state index in [1.807, 2.05) is 109 Å². The normalized spacial score (nSPS) is 19.5. The Morgan fingerprint density at radius 3 is 1.04 bits per heavy atom. The van der Waals surface area contributed by atoms with Crippen molar-refractivity contribution in [3.63, 3.8) is 0 Å². The van der Waals surface area contributed by atoms with Crippen molar-refractivity contribution in [1.29, 1.82) is 0 Å². The zero-order valence-electron chi connectivity index (χ0n) is 60.4. The van der Waals surface area contributed by atoms with Crippen LogP contribution in [0.5, 0.6) is 5.75 Å². The summed E-state index contributed by atoms with van der Waals surface area (Å²) in [6.45, 7) is 21.0. The van der Waals surface area contributed by atoms with Gasteiger partial charge in [0.05, 0.1) is 41.3 Å². The van der Waals surface area contributed by atoms with Gasteiger partial charge in [0.15, 0.2) is 17.5 Å². The highest BCUT2D eigenvalue weighted by Crippen LogP contribution is 2.39. The van der Waals surface area contributed by atoms with Crippen molar-refractivity contribution in [3.8, 4) is 39.9 Å². The number of pyridine rings is 4. The third kappa shape index (κ3) is 16.0. The van der Waals surface area contributed by atoms with E-state index in [9.17, 15) is 0 Å². The van der Waals surface area contributed by atoms with Crippen LogP contribution in [-0.2, 0) is 38.9 Å². The molecule has 6 bridgehead atoms. The Morgan fingerprint density at radius 1 is 0.371 bits per heavy atom. The van der Waals surface area contributed by atoms with Gasteiger partial charge in [-0.25, -0.2) is 49.8 Å². The van der Waals surface area contributed by atoms with Gasteiger partial charge in [-0.05, 0) is 168 Å². The van der Waals surface area contributed by atoms with Crippen LogP contribution in [0.2, 0.25) is 5.15 Å². The van der Waals surface area contributed by atoms with Crippen LogP contribution in [-0.4, -0.2) is 178 Å². The van der Waals surface area contributed by atoms with Crippen LogP contribution in [0.3, 0.4) is 0 Å². The van der Waals surface area contributed by atoms with Crippen LogP contribution in [0.25, 0.3) is 34.2 Å². The third-order valence-electron chi connectivity index (χ3n) is 21.0. The number of aryl methyl sites for hydroxylation is 6. The summed E-state index contributed by atoms with van der Waals surface area (Å²) in [6, 6.07) is 51.4. The molecule has 3 N–H and O–H groups in total. The fraction of sp³-hybridized carbons (Fsp3) is 0.346. The van der Waals surface area contributed by atoms with Crippen LogP contribution in [0, 0.1) is 41.5 Å². The topological polar surface area (TPSA) is 244 Å². The number of fused-ring (bicyclic) bond motifs is 6. The summed E-state index contributed by atoms with van der Waals surface area (Å²) in [6.07, 6.45) is 13.4. The Hall–Kier alpha value is -10.7. The number of aromatic amines is 3. The monoisotopic (exact) mass is 1420 g/mol. The molecule has 12 aromatic rings. The van der Waals surface area contributed by atoms with Crippen LogP contribution in [0.15, 0.2) is 164 Å². The number of aromatic nitrogens is 16. The van der Waals surface area contributed by atoms with E-state index in [-0.39, 0.29) is 0 Å². The van der Waals surface area contributed by atoms with Gasteiger partial charge in [-0.15, -0.1) is 0 Å². The highest BCUT2D eigenvalue weighted by molar-refractivity contribution is 6.29. The first-order chi connectivity index (χ1) is 51.1. The van der Waals surface area contributed by atoms with Gasteiger partial charge in [-0.3, -0.25) is 30.0 Å². The molecule has 0 spiro atoms. The molecule has 2 aromatic carbocycles. The maximum Gasteiger partial charge on any atom is 0.161 e. The summed E-state index contributed by atoms with van der Waals surface area (Å²) in [7, 11) is 1.71. The summed E-state index contributed by atoms with van der Waals surface area (Å²) in [5.74, 6) is 6.12. The fourth-order valence-corrected chi connectivity index (χ4v) is 15.9. The van der Waals surface area contributed by atoms with E-state index in [1.165, 1.54) is 36.0 Å². The second-order valence-electron chi connectivity index (χ2n) is 29.0. The number of halogens is 1. The van der Waals surface area contributed by atoms with Crippen LogP contribution < -0.4 is 19.4 Å². The number of nitrogens with zero attached hydrogens (tertiary/aromatic N) is 19. The van der Waals surface area contributed by atoms with Crippen LogP contribution >= 0.6 is 11.6 Å². The fourth-order valence-electron chi connectivity index (χ4n) is 15.8. The van der Waals surface area contributed by atoms with Crippen molar-refractivity contribution >= 4 is 29.1 Å². The Morgan fingerprint density at radius 2 is 0.724 bits per heavy atom. The van der Waals surface area contributed by atoms with Crippen molar-refractivity contribution in [2.24, 2.45) is 0 Å². The number of methoxy groups -OCH3 is 1. The Bertz CT molecular complexity index is 4920. The average molecular weight is 1420 g/mol. The highest BCUT2D eigenvalue weighted by atomic mass is 35.5. The van der Waals surface area contributed by atoms with E-state index in [4.69, 9.17) is 46.2 Å². The lowest BCUT2D eigenvalue weighted by atomic mass is 9.86. The maximum atomic E-state index is 5.93. The largest absolute Gasteiger partial charge is 0.497 e. The van der Waals surface area contributed by atoms with Gasteiger partial charge in [-0.1, -0.05) is 60.1 Å². The first-order valence-electron chi connectivity index (χ1n) is 36.4.